The molecule has 118 valence electrons. The fourth-order valence-electron chi connectivity index (χ4n) is 2.81. The number of rotatable bonds is 3. The van der Waals surface area contributed by atoms with E-state index in [2.05, 4.69) is 0 Å². The van der Waals surface area contributed by atoms with E-state index in [4.69, 9.17) is 15.7 Å². The van der Waals surface area contributed by atoms with Gasteiger partial charge in [-0.05, 0) is 28.8 Å². The number of nitrogens with two attached hydrogens (primary N) is 1. The number of hydrogen-bond donors (Lipinski definition) is 1. The molecule has 0 bridgehead atoms. The van der Waals surface area contributed by atoms with Crippen molar-refractivity contribution in [2.24, 2.45) is 5.73 Å². The zero-order valence-electron chi connectivity index (χ0n) is 12.6. The highest BCUT2D eigenvalue weighted by Gasteiger charge is 2.36. The molecule has 0 aromatic heterocycles. The van der Waals surface area contributed by atoms with Crippen molar-refractivity contribution >= 4 is 11.7 Å². The Hall–Kier alpha value is -2.65. The van der Waals surface area contributed by atoms with E-state index in [1.807, 2.05) is 18.2 Å². The van der Waals surface area contributed by atoms with Crippen molar-refractivity contribution in [2.75, 3.05) is 7.05 Å². The molecule has 1 aliphatic carbocycles. The highest BCUT2D eigenvalue weighted by Crippen LogP contribution is 2.34. The third-order valence-corrected chi connectivity index (χ3v) is 4.18. The van der Waals surface area contributed by atoms with Gasteiger partial charge in [0.05, 0.1) is 18.2 Å². The molecule has 6 heteroatoms. The highest BCUT2D eigenvalue weighted by molar-refractivity contribution is 5.77. The molecule has 0 spiro atoms. The van der Waals surface area contributed by atoms with Crippen LogP contribution in [0.15, 0.2) is 36.1 Å². The van der Waals surface area contributed by atoms with Crippen molar-refractivity contribution < 1.29 is 13.9 Å². The normalized spacial score (nSPS) is 21.0. The first-order chi connectivity index (χ1) is 11.0. The molecule has 2 atom stereocenters. The lowest BCUT2D eigenvalue weighted by Gasteiger charge is -2.21. The molecule has 2 unspecified atom stereocenters. The number of fused-ring (bicyclic) bond motifs is 1. The van der Waals surface area contributed by atoms with Crippen molar-refractivity contribution in [3.63, 3.8) is 0 Å². The summed E-state index contributed by atoms with van der Waals surface area (Å²) in [6, 6.07) is 5.95. The van der Waals surface area contributed by atoms with E-state index in [0.29, 0.717) is 17.7 Å². The predicted octanol–water partition coefficient (Wildman–Crippen LogP) is 2.34. The monoisotopic (exact) mass is 313 g/mol. The summed E-state index contributed by atoms with van der Waals surface area (Å²) >= 11 is 0. The average molecular weight is 313 g/mol. The summed E-state index contributed by atoms with van der Waals surface area (Å²) in [6.45, 7) is 0. The van der Waals surface area contributed by atoms with E-state index in [0.717, 1.165) is 11.1 Å². The fraction of sp³-hybridized carbons (Fsp3) is 0.294. The number of benzene rings is 1. The Morgan fingerprint density at radius 3 is 3.00 bits per heavy atom. The summed E-state index contributed by atoms with van der Waals surface area (Å²) in [4.78, 5) is 13.1. The van der Waals surface area contributed by atoms with Crippen LogP contribution in [0.1, 0.15) is 17.5 Å². The first-order valence-electron chi connectivity index (χ1n) is 7.29. The van der Waals surface area contributed by atoms with Crippen LogP contribution in [0.5, 0.6) is 0 Å². The molecule has 1 aromatic rings. The summed E-state index contributed by atoms with van der Waals surface area (Å²) in [5, 5.41) is 8.72. The van der Waals surface area contributed by atoms with Gasteiger partial charge in [-0.25, -0.2) is 9.18 Å². The quantitative estimate of drug-likeness (QED) is 0.929. The number of nitriles is 1. The van der Waals surface area contributed by atoms with E-state index in [9.17, 15) is 9.18 Å². The third-order valence-electron chi connectivity index (χ3n) is 4.18. The second kappa shape index (κ2) is 5.86. The van der Waals surface area contributed by atoms with Gasteiger partial charge in [-0.2, -0.15) is 5.26 Å². The van der Waals surface area contributed by atoms with Crippen LogP contribution in [0.25, 0.3) is 5.57 Å². The Labute approximate surface area is 133 Å². The lowest BCUT2D eigenvalue weighted by atomic mass is 9.92. The van der Waals surface area contributed by atoms with E-state index in [-0.39, 0.29) is 24.4 Å². The minimum Gasteiger partial charge on any atom is -0.412 e. The number of amides is 1. The van der Waals surface area contributed by atoms with Gasteiger partial charge in [0, 0.05) is 19.9 Å². The van der Waals surface area contributed by atoms with Crippen LogP contribution >= 0.6 is 0 Å². The lowest BCUT2D eigenvalue weighted by molar-refractivity contribution is 0.173. The predicted molar refractivity (Wildman–Crippen MR) is 82.4 cm³/mol. The van der Waals surface area contributed by atoms with Crippen molar-refractivity contribution in [2.45, 2.75) is 24.9 Å². The molecule has 2 aliphatic rings. The van der Waals surface area contributed by atoms with Gasteiger partial charge in [-0.15, -0.1) is 0 Å². The highest BCUT2D eigenvalue weighted by atomic mass is 19.1. The van der Waals surface area contributed by atoms with E-state index in [1.54, 1.807) is 19.2 Å². The molecule has 5 nitrogen and oxygen atoms in total. The molecule has 0 radical (unpaired) electrons. The zero-order valence-corrected chi connectivity index (χ0v) is 12.6. The molecular weight excluding hydrogens is 297 g/mol. The van der Waals surface area contributed by atoms with Crippen molar-refractivity contribution in [1.29, 1.82) is 5.26 Å². The molecule has 1 aromatic carbocycles. The van der Waals surface area contributed by atoms with Crippen LogP contribution in [0.4, 0.5) is 9.18 Å². The maximum absolute atomic E-state index is 14.2. The molecule has 2 N–H and O–H groups in total. The minimum absolute atomic E-state index is 0.141. The van der Waals surface area contributed by atoms with Crippen molar-refractivity contribution in [1.82, 2.24) is 4.90 Å². The topological polar surface area (TPSA) is 79.3 Å². The molecule has 1 heterocycles. The SMILES string of the molecule is CN1C(=O)OC2=CC=C(c3ccc(CC(N)C#N)c(F)c3)CC21. The number of halogens is 1. The molecule has 0 saturated carbocycles. The second-order valence-corrected chi connectivity index (χ2v) is 5.71. The van der Waals surface area contributed by atoms with Gasteiger partial charge in [0.2, 0.25) is 0 Å². The van der Waals surface area contributed by atoms with Crippen LogP contribution in [-0.2, 0) is 11.2 Å². The molecule has 1 amide bonds. The summed E-state index contributed by atoms with van der Waals surface area (Å²) in [5.74, 6) is 0.245. The maximum Gasteiger partial charge on any atom is 0.415 e. The van der Waals surface area contributed by atoms with Gasteiger partial charge < -0.3 is 15.4 Å². The first-order valence-corrected chi connectivity index (χ1v) is 7.29. The number of carbonyl (C=O) groups is 1. The van der Waals surface area contributed by atoms with Crippen molar-refractivity contribution in [3.05, 3.63) is 53.1 Å². The molecule has 1 aliphatic heterocycles. The smallest absolute Gasteiger partial charge is 0.412 e. The Balaban J connectivity index is 1.83. The van der Waals surface area contributed by atoms with Gasteiger partial charge in [0.25, 0.3) is 0 Å². The summed E-state index contributed by atoms with van der Waals surface area (Å²) < 4.78 is 19.4. The van der Waals surface area contributed by atoms with E-state index in [1.165, 1.54) is 11.0 Å². The average Bonchev–Trinajstić information content (AvgIpc) is 2.83. The summed E-state index contributed by atoms with van der Waals surface area (Å²) in [6.07, 6.45) is 3.97. The number of hydrogen-bond acceptors (Lipinski definition) is 4. The van der Waals surface area contributed by atoms with Gasteiger partial charge in [0.15, 0.2) is 0 Å². The number of likely N-dealkylation sites (N-methyl/N-ethyl adjacent to an activating group) is 1. The molecule has 1 saturated heterocycles. The van der Waals surface area contributed by atoms with Gasteiger partial charge in [-0.3, -0.25) is 0 Å². The Bertz CT molecular complexity index is 764. The Morgan fingerprint density at radius 2 is 2.30 bits per heavy atom. The molecule has 3 rings (SSSR count). The largest absolute Gasteiger partial charge is 0.415 e. The molecule has 1 fully saturated rings. The molecular formula is C17H16FN3O2. The van der Waals surface area contributed by atoms with Crippen LogP contribution in [0, 0.1) is 17.1 Å². The Morgan fingerprint density at radius 1 is 1.52 bits per heavy atom. The van der Waals surface area contributed by atoms with E-state index < -0.39 is 6.04 Å². The van der Waals surface area contributed by atoms with Crippen LogP contribution in [-0.4, -0.2) is 30.1 Å². The lowest BCUT2D eigenvalue weighted by Crippen LogP contribution is -2.29. The second-order valence-electron chi connectivity index (χ2n) is 5.71. The Kier molecular flexibility index (Phi) is 3.89. The fourth-order valence-corrected chi connectivity index (χ4v) is 2.81. The zero-order chi connectivity index (χ0) is 16.6. The van der Waals surface area contributed by atoms with Crippen LogP contribution < -0.4 is 5.73 Å². The van der Waals surface area contributed by atoms with Crippen LogP contribution in [0.2, 0.25) is 0 Å². The van der Waals surface area contributed by atoms with Gasteiger partial charge in [0.1, 0.15) is 11.6 Å². The third kappa shape index (κ3) is 2.83. The minimum atomic E-state index is -0.718. The van der Waals surface area contributed by atoms with Gasteiger partial charge >= 0.3 is 6.09 Å². The number of allylic oxidation sites excluding steroid dienone is 2. The maximum atomic E-state index is 14.2. The van der Waals surface area contributed by atoms with Gasteiger partial charge in [-0.1, -0.05) is 18.2 Å². The standard InChI is InChI=1S/C17H16FN3O2/c1-21-15-8-11(4-5-16(15)23-17(21)22)10-2-3-12(14(18)7-10)6-13(20)9-19/h2-5,7,13,15H,6,8,20H2,1H3. The summed E-state index contributed by atoms with van der Waals surface area (Å²) in [5.41, 5.74) is 7.65. The van der Waals surface area contributed by atoms with Crippen molar-refractivity contribution in [3.8, 4) is 6.07 Å². The molecule has 23 heavy (non-hydrogen) atoms. The van der Waals surface area contributed by atoms with Crippen LogP contribution in [0.3, 0.4) is 0 Å². The number of nitrogens with zero attached hydrogens (tertiary/aromatic N) is 2. The first kappa shape index (κ1) is 15.3. The summed E-state index contributed by atoms with van der Waals surface area (Å²) in [7, 11) is 1.68. The number of ether oxygens (including phenoxy) is 1. The number of carbonyl (C=O) groups excluding carboxylic acids is 1. The van der Waals surface area contributed by atoms with E-state index >= 15 is 0 Å².